The van der Waals surface area contributed by atoms with Crippen LogP contribution in [0.1, 0.15) is 66.0 Å². The van der Waals surface area contributed by atoms with Gasteiger partial charge in [-0.25, -0.2) is 0 Å². The number of aliphatic imine (C=N–C) groups is 1. The van der Waals surface area contributed by atoms with Crippen LogP contribution in [0.2, 0.25) is 0 Å². The summed E-state index contributed by atoms with van der Waals surface area (Å²) >= 11 is 0. The molecule has 0 saturated carbocycles. The molecule has 3 rings (SSSR count). The number of amides is 2. The molecule has 0 bridgehead atoms. The molecule has 2 aromatic rings. The van der Waals surface area contributed by atoms with Crippen LogP contribution in [0.3, 0.4) is 0 Å². The van der Waals surface area contributed by atoms with Gasteiger partial charge in [-0.05, 0) is 95.0 Å². The fourth-order valence-electron chi connectivity index (χ4n) is 5.96. The maximum atomic E-state index is 13.1. The van der Waals surface area contributed by atoms with E-state index in [-0.39, 0.29) is 31.6 Å². The third-order valence-corrected chi connectivity index (χ3v) is 8.66. The van der Waals surface area contributed by atoms with Gasteiger partial charge in [0.1, 0.15) is 19.3 Å². The number of carboxylic acid groups (broad SMARTS) is 1. The van der Waals surface area contributed by atoms with E-state index in [4.69, 9.17) is 29.0 Å². The largest absolute Gasteiger partial charge is 0.480 e. The van der Waals surface area contributed by atoms with Gasteiger partial charge in [0.05, 0.1) is 38.7 Å². The lowest BCUT2D eigenvalue weighted by molar-refractivity contribution is -0.139. The minimum Gasteiger partial charge on any atom is -0.480 e. The number of allylic oxidation sites excluding steroid dienone is 2. The normalized spacial score (nSPS) is 13.4. The van der Waals surface area contributed by atoms with E-state index >= 15 is 0 Å². The van der Waals surface area contributed by atoms with Gasteiger partial charge >= 0.3 is 12.8 Å². The monoisotopic (exact) mass is 755 g/mol. The van der Waals surface area contributed by atoms with E-state index in [9.17, 15) is 14.4 Å². The molecule has 294 valence electrons. The lowest BCUT2D eigenvalue weighted by Gasteiger charge is -2.19. The maximum Gasteiger partial charge on any atom is 0.433 e. The smallest absolute Gasteiger partial charge is 0.433 e. The molecular weight excluding hydrogens is 701 g/mol. The summed E-state index contributed by atoms with van der Waals surface area (Å²) in [5.41, 5.74) is 7.65. The van der Waals surface area contributed by atoms with Crippen LogP contribution in [0.4, 0.5) is 0 Å². The summed E-state index contributed by atoms with van der Waals surface area (Å²) in [6.07, 6.45) is 3.75. The molecular formula is C41H54BN5O8. The molecule has 55 heavy (non-hydrogen) atoms. The standard InChI is InChI=1S/C41H54BN5O8/c1-29-26-31(3)46-38(29)37(33-13-15-34(16-14-33)40(49)45-28-36(48)44-19-9-8-12-35(43-5)41(50)51)39-30(2)27-32(4)47(39)42(17-10-20-54-24-22-52-6)18-11-21-55-25-23-53-7/h13-16,26-27,35,43H,8-9,12,19-25,28H2,1-7H3,(H,44,48)(H,45,49)(H,50,51)/b38-37-. The predicted octanol–water partition coefficient (Wildman–Crippen LogP) is 3.22. The van der Waals surface area contributed by atoms with E-state index in [1.54, 1.807) is 33.4 Å². The second kappa shape index (κ2) is 23.7. The Labute approximate surface area is 325 Å². The Morgan fingerprint density at radius 1 is 0.891 bits per heavy atom. The minimum atomic E-state index is -0.902. The summed E-state index contributed by atoms with van der Waals surface area (Å²) in [7, 11) is 4.85. The number of hydrogen-bond donors (Lipinski definition) is 4. The van der Waals surface area contributed by atoms with Crippen LogP contribution >= 0.6 is 0 Å². The molecule has 0 fully saturated rings. The fourth-order valence-corrected chi connectivity index (χ4v) is 5.96. The van der Waals surface area contributed by atoms with E-state index in [1.165, 1.54) is 0 Å². The molecule has 14 heteroatoms. The molecule has 0 aliphatic carbocycles. The number of aromatic nitrogens is 1. The summed E-state index contributed by atoms with van der Waals surface area (Å²) in [5, 5.41) is 17.3. The van der Waals surface area contributed by atoms with Crippen molar-refractivity contribution in [2.45, 2.75) is 53.0 Å². The number of methoxy groups -OCH3 is 2. The number of nitrogens with zero attached hydrogens (tertiary/aromatic N) is 2. The van der Waals surface area contributed by atoms with Crippen LogP contribution in [-0.2, 0) is 28.5 Å². The number of hydrogen-bond acceptors (Lipinski definition) is 9. The first-order valence-corrected chi connectivity index (χ1v) is 18.3. The second-order valence-corrected chi connectivity index (χ2v) is 12.9. The maximum absolute atomic E-state index is 13.1. The molecule has 1 aliphatic heterocycles. The minimum absolute atomic E-state index is 0.188. The van der Waals surface area contributed by atoms with Gasteiger partial charge in [0.25, 0.3) is 5.91 Å². The number of nitrogens with one attached hydrogen (secondary N) is 3. The molecule has 1 aliphatic rings. The average molecular weight is 756 g/mol. The Morgan fingerprint density at radius 3 is 2.05 bits per heavy atom. The Morgan fingerprint density at radius 2 is 1.51 bits per heavy atom. The molecule has 1 atom stereocenters. The number of carbonyl (C=O) groups is 3. The number of carbonyl (C=O) groups excluding carboxylic acids is 2. The number of likely N-dealkylation sites (N-methyl/N-ethyl adjacent to an activating group) is 1. The summed E-state index contributed by atoms with van der Waals surface area (Å²) < 4.78 is 23.5. The number of rotatable bonds is 21. The number of aryl methyl sites for hydroxylation is 2. The molecule has 1 aromatic carbocycles. The van der Waals surface area contributed by atoms with Gasteiger partial charge in [-0.1, -0.05) is 24.0 Å². The first-order chi connectivity index (χ1) is 26.5. The van der Waals surface area contributed by atoms with Crippen molar-refractivity contribution < 1.29 is 38.4 Å². The number of unbranched alkanes of at least 4 members (excludes halogenated alkanes) is 1. The molecule has 2 heterocycles. The van der Waals surface area contributed by atoms with Crippen molar-refractivity contribution in [2.75, 3.05) is 74.0 Å². The average Bonchev–Trinajstić information content (AvgIpc) is 3.65. The van der Waals surface area contributed by atoms with Crippen LogP contribution < -0.4 is 16.0 Å². The van der Waals surface area contributed by atoms with E-state index in [0.29, 0.717) is 57.8 Å². The number of benzene rings is 1. The highest BCUT2D eigenvalue weighted by Crippen LogP contribution is 2.37. The Bertz CT molecular complexity index is 1810. The van der Waals surface area contributed by atoms with Gasteiger partial charge in [-0.2, -0.15) is 0 Å². The van der Waals surface area contributed by atoms with Crippen molar-refractivity contribution in [1.29, 1.82) is 0 Å². The van der Waals surface area contributed by atoms with E-state index in [2.05, 4.69) is 50.0 Å². The summed E-state index contributed by atoms with van der Waals surface area (Å²) in [6.45, 7) is 9.95. The van der Waals surface area contributed by atoms with E-state index in [0.717, 1.165) is 45.1 Å². The third kappa shape index (κ3) is 14.0. The van der Waals surface area contributed by atoms with Crippen molar-refractivity contribution >= 4 is 35.9 Å². The quantitative estimate of drug-likeness (QED) is 0.0852. The van der Waals surface area contributed by atoms with Crippen LogP contribution in [0.15, 0.2) is 52.7 Å². The molecule has 1 unspecified atom stereocenters. The number of aliphatic carboxylic acids is 1. The van der Waals surface area contributed by atoms with Crippen molar-refractivity contribution in [3.63, 3.8) is 0 Å². The highest BCUT2D eigenvalue weighted by atomic mass is 16.5. The number of carboxylic acids is 1. The van der Waals surface area contributed by atoms with Gasteiger partial charge in [-0.15, -0.1) is 11.6 Å². The Hall–Kier alpha value is -4.96. The topological polar surface area (TPSA) is 162 Å². The van der Waals surface area contributed by atoms with Crippen molar-refractivity contribution in [1.82, 2.24) is 20.4 Å². The van der Waals surface area contributed by atoms with Gasteiger partial charge in [0.2, 0.25) is 5.91 Å². The zero-order chi connectivity index (χ0) is 40.2. The van der Waals surface area contributed by atoms with Crippen LogP contribution in [0.5, 0.6) is 0 Å². The highest BCUT2D eigenvalue weighted by Gasteiger charge is 2.27. The van der Waals surface area contributed by atoms with Gasteiger partial charge in [0.15, 0.2) is 0 Å². The molecule has 0 spiro atoms. The van der Waals surface area contributed by atoms with Crippen molar-refractivity contribution in [3.05, 3.63) is 75.8 Å². The first-order valence-electron chi connectivity index (χ1n) is 18.3. The number of ether oxygens (including phenoxy) is 4. The second-order valence-electron chi connectivity index (χ2n) is 12.9. The van der Waals surface area contributed by atoms with Crippen LogP contribution in [0.25, 0.3) is 5.57 Å². The zero-order valence-electron chi connectivity index (χ0n) is 33.1. The molecule has 0 saturated heterocycles. The lowest BCUT2D eigenvalue weighted by atomic mass is 9.63. The summed E-state index contributed by atoms with van der Waals surface area (Å²) in [5.74, 6) is 11.3. The van der Waals surface area contributed by atoms with E-state index in [1.807, 2.05) is 45.9 Å². The van der Waals surface area contributed by atoms with Crippen molar-refractivity contribution in [2.24, 2.45) is 4.99 Å². The van der Waals surface area contributed by atoms with Gasteiger partial charge in [0, 0.05) is 49.0 Å². The molecule has 13 nitrogen and oxygen atoms in total. The SMILES string of the molecule is CNC(CCCCNC(=O)CNC(=O)c1ccc(/C(=C2/N=C(C)C=C2C)c2c(C)cc(C)n2B(C#CCOCCOC)C#CCOCCOC)cc1)C(=O)O. The molecule has 0 radical (unpaired) electrons. The zero-order valence-corrected chi connectivity index (χ0v) is 33.1. The summed E-state index contributed by atoms with van der Waals surface area (Å²) in [4.78, 5) is 41.6. The molecule has 1 aromatic heterocycles. The fraction of sp³-hybridized carbons (Fsp3) is 0.463. The first kappa shape index (κ1) is 44.4. The lowest BCUT2D eigenvalue weighted by Crippen LogP contribution is -2.37. The van der Waals surface area contributed by atoms with Gasteiger partial charge in [-0.3, -0.25) is 19.4 Å². The Balaban J connectivity index is 1.88. The van der Waals surface area contributed by atoms with Crippen LogP contribution in [-0.4, -0.2) is 120 Å². The third-order valence-electron chi connectivity index (χ3n) is 8.66. The Kier molecular flexibility index (Phi) is 19.2. The highest BCUT2D eigenvalue weighted by molar-refractivity contribution is 6.74. The van der Waals surface area contributed by atoms with Crippen molar-refractivity contribution in [3.8, 4) is 23.5 Å². The molecule has 4 N–H and O–H groups in total. The molecule has 2 amide bonds. The van der Waals surface area contributed by atoms with E-state index < -0.39 is 18.9 Å². The van der Waals surface area contributed by atoms with Gasteiger partial charge < -0.3 is 44.5 Å². The summed E-state index contributed by atoms with van der Waals surface area (Å²) in [6, 6.07) is 8.71. The van der Waals surface area contributed by atoms with Crippen LogP contribution in [0, 0.1) is 37.3 Å². The predicted molar refractivity (Wildman–Crippen MR) is 215 cm³/mol.